The normalized spacial score (nSPS) is 18.5. The predicted molar refractivity (Wildman–Crippen MR) is 90.2 cm³/mol. The Balaban J connectivity index is 1.68. The van der Waals surface area contributed by atoms with Gasteiger partial charge in [0.25, 0.3) is 0 Å². The Morgan fingerprint density at radius 2 is 2.09 bits per heavy atom. The van der Waals surface area contributed by atoms with Crippen LogP contribution in [0.2, 0.25) is 0 Å². The van der Waals surface area contributed by atoms with E-state index in [1.54, 1.807) is 0 Å². The quantitative estimate of drug-likeness (QED) is 0.717. The van der Waals surface area contributed by atoms with Gasteiger partial charge < -0.3 is 20.1 Å². The minimum atomic E-state index is 0.113. The first-order valence-corrected chi connectivity index (χ1v) is 9.24. The Bertz CT molecular complexity index is 697. The van der Waals surface area contributed by atoms with Crippen LogP contribution >= 0.6 is 11.3 Å². The molecule has 0 radical (unpaired) electrons. The second-order valence-electron chi connectivity index (χ2n) is 6.22. The van der Waals surface area contributed by atoms with Crippen LogP contribution in [-0.4, -0.2) is 54.5 Å². The minimum absolute atomic E-state index is 0.113. The van der Waals surface area contributed by atoms with E-state index in [4.69, 9.17) is 19.8 Å². The highest BCUT2D eigenvalue weighted by atomic mass is 32.1. The van der Waals surface area contributed by atoms with Crippen molar-refractivity contribution in [2.24, 2.45) is 0 Å². The van der Waals surface area contributed by atoms with E-state index in [-0.39, 0.29) is 6.61 Å². The molecule has 4 rings (SSSR count). The lowest BCUT2D eigenvalue weighted by atomic mass is 10.2. The molecule has 1 saturated heterocycles. The first kappa shape index (κ1) is 15.3. The van der Waals surface area contributed by atoms with Crippen molar-refractivity contribution in [2.75, 3.05) is 44.8 Å². The van der Waals surface area contributed by atoms with E-state index in [0.29, 0.717) is 6.54 Å². The Kier molecular flexibility index (Phi) is 4.43. The van der Waals surface area contributed by atoms with Crippen LogP contribution in [0.4, 0.5) is 5.82 Å². The molecule has 0 unspecified atom stereocenters. The number of aliphatic hydroxyl groups is 1. The van der Waals surface area contributed by atoms with E-state index < -0.39 is 0 Å². The maximum atomic E-state index is 9.15. The number of quaternary nitrogens is 1. The molecule has 1 fully saturated rings. The number of aromatic nitrogens is 2. The number of nitrogens with one attached hydrogen (secondary N) is 2. The van der Waals surface area contributed by atoms with Crippen molar-refractivity contribution >= 4 is 27.4 Å². The molecular formula is C16H23N4O2S+. The van der Waals surface area contributed by atoms with Gasteiger partial charge in [-0.25, -0.2) is 9.97 Å². The molecule has 3 heterocycles. The first-order chi connectivity index (χ1) is 11.3. The molecule has 3 N–H and O–H groups in total. The largest absolute Gasteiger partial charge is 0.395 e. The Morgan fingerprint density at radius 3 is 2.91 bits per heavy atom. The summed E-state index contributed by atoms with van der Waals surface area (Å²) in [5.74, 6) is 1.81. The van der Waals surface area contributed by atoms with E-state index in [9.17, 15) is 0 Å². The number of ether oxygens (including phenoxy) is 1. The summed E-state index contributed by atoms with van der Waals surface area (Å²) in [5.41, 5.74) is 1.43. The van der Waals surface area contributed by atoms with Crippen LogP contribution in [0.25, 0.3) is 10.2 Å². The molecule has 0 aromatic carbocycles. The number of fused-ring (bicyclic) bond motifs is 3. The van der Waals surface area contributed by atoms with Gasteiger partial charge in [0.1, 0.15) is 30.3 Å². The molecule has 1 aliphatic heterocycles. The number of aryl methyl sites for hydroxylation is 2. The highest BCUT2D eigenvalue weighted by Gasteiger charge is 2.23. The third kappa shape index (κ3) is 3.06. The van der Waals surface area contributed by atoms with E-state index in [2.05, 4.69) is 5.32 Å². The van der Waals surface area contributed by atoms with Crippen molar-refractivity contribution in [3.63, 3.8) is 0 Å². The topological polar surface area (TPSA) is 71.7 Å². The first-order valence-electron chi connectivity index (χ1n) is 8.42. The van der Waals surface area contributed by atoms with Gasteiger partial charge in [-0.15, -0.1) is 11.3 Å². The van der Waals surface area contributed by atoms with Crippen molar-refractivity contribution in [3.05, 3.63) is 16.3 Å². The minimum Gasteiger partial charge on any atom is -0.395 e. The second kappa shape index (κ2) is 6.68. The SMILES string of the molecule is OCCNc1nc(C[NH+]2CCOCC2)nc2sc3c(c12)CCC3. The molecule has 0 spiro atoms. The third-order valence-corrected chi connectivity index (χ3v) is 5.81. The van der Waals surface area contributed by atoms with E-state index in [1.165, 1.54) is 33.6 Å². The van der Waals surface area contributed by atoms with Crippen molar-refractivity contribution < 1.29 is 14.7 Å². The number of thiophene rings is 1. The highest BCUT2D eigenvalue weighted by Crippen LogP contribution is 2.39. The fourth-order valence-corrected chi connectivity index (χ4v) is 4.76. The predicted octanol–water partition coefficient (Wildman–Crippen LogP) is -0.000700. The number of hydrogen-bond donors (Lipinski definition) is 3. The fraction of sp³-hybridized carbons (Fsp3) is 0.625. The lowest BCUT2D eigenvalue weighted by Crippen LogP contribution is -3.12. The zero-order valence-corrected chi connectivity index (χ0v) is 14.0. The summed E-state index contributed by atoms with van der Waals surface area (Å²) < 4.78 is 5.43. The van der Waals surface area contributed by atoms with Crippen LogP contribution < -0.4 is 10.2 Å². The van der Waals surface area contributed by atoms with E-state index >= 15 is 0 Å². The molecule has 0 saturated carbocycles. The van der Waals surface area contributed by atoms with Crippen molar-refractivity contribution in [2.45, 2.75) is 25.8 Å². The summed E-state index contributed by atoms with van der Waals surface area (Å²) >= 11 is 1.82. The molecule has 2 aromatic heterocycles. The van der Waals surface area contributed by atoms with Gasteiger partial charge in [-0.3, -0.25) is 0 Å². The number of rotatable bonds is 5. The van der Waals surface area contributed by atoms with Gasteiger partial charge in [-0.1, -0.05) is 0 Å². The molecule has 0 bridgehead atoms. The van der Waals surface area contributed by atoms with Crippen molar-refractivity contribution in [1.29, 1.82) is 0 Å². The Hall–Kier alpha value is -1.28. The van der Waals surface area contributed by atoms with Gasteiger partial charge in [0.05, 0.1) is 25.2 Å². The number of anilines is 1. The summed E-state index contributed by atoms with van der Waals surface area (Å²) in [6.45, 7) is 5.16. The molecule has 2 aromatic rings. The standard InChI is InChI=1S/C16H22N4O2S/c21-7-4-17-15-14-11-2-1-3-12(11)23-16(14)19-13(18-15)10-20-5-8-22-9-6-20/h21H,1-10H2,(H,17,18,19)/p+1. The monoisotopic (exact) mass is 335 g/mol. The van der Waals surface area contributed by atoms with Crippen LogP contribution in [0, 0.1) is 0 Å². The summed E-state index contributed by atoms with van der Waals surface area (Å²) in [6.07, 6.45) is 3.52. The van der Waals surface area contributed by atoms with Crippen molar-refractivity contribution in [1.82, 2.24) is 9.97 Å². The molecule has 7 heteroatoms. The number of hydrogen-bond acceptors (Lipinski definition) is 6. The average molecular weight is 335 g/mol. The van der Waals surface area contributed by atoms with Crippen molar-refractivity contribution in [3.8, 4) is 0 Å². The average Bonchev–Trinajstić information content (AvgIpc) is 3.14. The Morgan fingerprint density at radius 1 is 1.22 bits per heavy atom. The van der Waals surface area contributed by atoms with Gasteiger partial charge in [0, 0.05) is 11.4 Å². The maximum Gasteiger partial charge on any atom is 0.187 e. The maximum absolute atomic E-state index is 9.15. The molecule has 6 nitrogen and oxygen atoms in total. The summed E-state index contributed by atoms with van der Waals surface area (Å²) in [7, 11) is 0. The smallest absolute Gasteiger partial charge is 0.187 e. The van der Waals surface area contributed by atoms with Gasteiger partial charge in [-0.2, -0.15) is 0 Å². The van der Waals surface area contributed by atoms with Crippen LogP contribution in [0.15, 0.2) is 0 Å². The van der Waals surface area contributed by atoms with Gasteiger partial charge in [0.2, 0.25) is 0 Å². The van der Waals surface area contributed by atoms with E-state index in [1.807, 2.05) is 11.3 Å². The molecule has 2 aliphatic rings. The fourth-order valence-electron chi connectivity index (χ4n) is 3.48. The summed E-state index contributed by atoms with van der Waals surface area (Å²) in [4.78, 5) is 13.7. The second-order valence-corrected chi connectivity index (χ2v) is 7.30. The lowest BCUT2D eigenvalue weighted by molar-refractivity contribution is -0.922. The molecule has 23 heavy (non-hydrogen) atoms. The van der Waals surface area contributed by atoms with Crippen LogP contribution in [0.3, 0.4) is 0 Å². The zero-order chi connectivity index (χ0) is 15.6. The third-order valence-electron chi connectivity index (χ3n) is 4.62. The van der Waals surface area contributed by atoms with Crippen LogP contribution in [0.5, 0.6) is 0 Å². The van der Waals surface area contributed by atoms with Crippen LogP contribution in [0.1, 0.15) is 22.7 Å². The molecule has 0 atom stereocenters. The summed E-state index contributed by atoms with van der Waals surface area (Å²) in [5, 5.41) is 13.6. The molecular weight excluding hydrogens is 312 g/mol. The highest BCUT2D eigenvalue weighted by molar-refractivity contribution is 7.19. The number of aliphatic hydroxyl groups excluding tert-OH is 1. The molecule has 0 amide bonds. The molecule has 1 aliphatic carbocycles. The summed E-state index contributed by atoms with van der Waals surface area (Å²) in [6, 6.07) is 0. The van der Waals surface area contributed by atoms with Gasteiger partial charge in [0.15, 0.2) is 5.82 Å². The van der Waals surface area contributed by atoms with E-state index in [0.717, 1.165) is 55.7 Å². The molecule has 124 valence electrons. The van der Waals surface area contributed by atoms with Crippen LogP contribution in [-0.2, 0) is 24.1 Å². The lowest BCUT2D eigenvalue weighted by Gasteiger charge is -2.23. The Labute approximate surface area is 139 Å². The number of morpholine rings is 1. The van der Waals surface area contributed by atoms with Gasteiger partial charge >= 0.3 is 0 Å². The van der Waals surface area contributed by atoms with Gasteiger partial charge in [-0.05, 0) is 24.8 Å². The zero-order valence-electron chi connectivity index (χ0n) is 13.2. The number of nitrogens with zero attached hydrogens (tertiary/aromatic N) is 2.